The Balaban J connectivity index is 1.83. The van der Waals surface area contributed by atoms with Crippen molar-refractivity contribution >= 4 is 46.8 Å². The van der Waals surface area contributed by atoms with Crippen molar-refractivity contribution in [2.45, 2.75) is 19.3 Å². The van der Waals surface area contributed by atoms with Crippen LogP contribution in [-0.2, 0) is 16.0 Å². The second-order valence-corrected chi connectivity index (χ2v) is 7.73. The molecule has 1 aliphatic heterocycles. The highest BCUT2D eigenvalue weighted by Crippen LogP contribution is 2.38. The van der Waals surface area contributed by atoms with E-state index in [1.807, 2.05) is 0 Å². The Morgan fingerprint density at radius 2 is 1.90 bits per heavy atom. The number of hydrogen-bond donors (Lipinski definition) is 1. The first-order chi connectivity index (χ1) is 13.7. The van der Waals surface area contributed by atoms with Crippen LogP contribution in [0.5, 0.6) is 0 Å². The van der Waals surface area contributed by atoms with E-state index in [4.69, 9.17) is 28.9 Å². The lowest BCUT2D eigenvalue weighted by molar-refractivity contribution is -0.120. The standard InChI is InChI=1S/C21H18Cl2F2N2O2/c22-16-8-12(1-5-19(26)28)9-17(23)21(16)27-11-13(2-6-20(27)29)7-14-3-4-15(24)10-18(14)25/h1,3-5,8-10,13H,2,6-7,11H2,(H2,26,28). The molecule has 0 radical (unpaired) electrons. The van der Waals surface area contributed by atoms with Gasteiger partial charge in [-0.3, -0.25) is 9.59 Å². The monoisotopic (exact) mass is 438 g/mol. The quantitative estimate of drug-likeness (QED) is 0.684. The van der Waals surface area contributed by atoms with Gasteiger partial charge in [-0.05, 0) is 54.2 Å². The molecular weight excluding hydrogens is 421 g/mol. The molecule has 2 aromatic carbocycles. The molecule has 2 N–H and O–H groups in total. The van der Waals surface area contributed by atoms with Crippen LogP contribution in [0.15, 0.2) is 36.4 Å². The number of halogens is 4. The lowest BCUT2D eigenvalue weighted by atomic mass is 9.90. The predicted molar refractivity (Wildman–Crippen MR) is 110 cm³/mol. The molecule has 152 valence electrons. The zero-order valence-corrected chi connectivity index (χ0v) is 16.8. The maximum absolute atomic E-state index is 14.0. The highest BCUT2D eigenvalue weighted by molar-refractivity contribution is 6.40. The molecule has 1 saturated heterocycles. The Bertz CT molecular complexity index is 972. The highest BCUT2D eigenvalue weighted by Gasteiger charge is 2.30. The van der Waals surface area contributed by atoms with Crippen molar-refractivity contribution in [3.8, 4) is 0 Å². The molecule has 4 nitrogen and oxygen atoms in total. The van der Waals surface area contributed by atoms with Gasteiger partial charge in [-0.2, -0.15) is 0 Å². The third kappa shape index (κ3) is 5.14. The minimum Gasteiger partial charge on any atom is -0.366 e. The maximum atomic E-state index is 14.0. The molecule has 1 aliphatic rings. The van der Waals surface area contributed by atoms with E-state index >= 15 is 0 Å². The van der Waals surface area contributed by atoms with Crippen molar-refractivity contribution in [1.82, 2.24) is 0 Å². The van der Waals surface area contributed by atoms with Gasteiger partial charge in [0.1, 0.15) is 11.6 Å². The van der Waals surface area contributed by atoms with Gasteiger partial charge in [0, 0.05) is 25.1 Å². The van der Waals surface area contributed by atoms with Crippen molar-refractivity contribution in [2.75, 3.05) is 11.4 Å². The second kappa shape index (κ2) is 8.93. The zero-order valence-electron chi connectivity index (χ0n) is 15.3. The summed E-state index contributed by atoms with van der Waals surface area (Å²) in [6, 6.07) is 6.66. The molecule has 1 heterocycles. The molecule has 2 amide bonds. The summed E-state index contributed by atoms with van der Waals surface area (Å²) in [7, 11) is 0. The fraction of sp³-hybridized carbons (Fsp3) is 0.238. The molecule has 0 saturated carbocycles. The average Bonchev–Trinajstić information content (AvgIpc) is 2.64. The Labute approximate surface area is 176 Å². The van der Waals surface area contributed by atoms with Crippen LogP contribution in [0.2, 0.25) is 10.0 Å². The van der Waals surface area contributed by atoms with E-state index in [9.17, 15) is 18.4 Å². The maximum Gasteiger partial charge on any atom is 0.241 e. The van der Waals surface area contributed by atoms with Crippen molar-refractivity contribution in [3.63, 3.8) is 0 Å². The summed E-state index contributed by atoms with van der Waals surface area (Å²) in [5.41, 5.74) is 6.43. The van der Waals surface area contributed by atoms with Crippen molar-refractivity contribution < 1.29 is 18.4 Å². The molecule has 1 atom stereocenters. The van der Waals surface area contributed by atoms with Gasteiger partial charge in [0.15, 0.2) is 0 Å². The number of carbonyl (C=O) groups is 2. The number of benzene rings is 2. The topological polar surface area (TPSA) is 63.4 Å². The van der Waals surface area contributed by atoms with Crippen LogP contribution in [-0.4, -0.2) is 18.4 Å². The first-order valence-electron chi connectivity index (χ1n) is 8.95. The molecule has 2 aromatic rings. The lowest BCUT2D eigenvalue weighted by Crippen LogP contribution is -2.41. The van der Waals surface area contributed by atoms with Crippen LogP contribution >= 0.6 is 23.2 Å². The number of carbonyl (C=O) groups excluding carboxylic acids is 2. The van der Waals surface area contributed by atoms with E-state index in [1.165, 1.54) is 29.2 Å². The molecule has 1 fully saturated rings. The van der Waals surface area contributed by atoms with Crippen molar-refractivity contribution in [2.24, 2.45) is 11.7 Å². The number of rotatable bonds is 5. The van der Waals surface area contributed by atoms with Crippen LogP contribution in [0.1, 0.15) is 24.0 Å². The molecule has 29 heavy (non-hydrogen) atoms. The molecule has 0 aliphatic carbocycles. The second-order valence-electron chi connectivity index (χ2n) is 6.92. The van der Waals surface area contributed by atoms with Crippen LogP contribution in [0.4, 0.5) is 14.5 Å². The number of piperidine rings is 1. The normalized spacial score (nSPS) is 17.2. The van der Waals surface area contributed by atoms with Gasteiger partial charge in [-0.15, -0.1) is 0 Å². The Kier molecular flexibility index (Phi) is 6.55. The smallest absolute Gasteiger partial charge is 0.241 e. The first-order valence-corrected chi connectivity index (χ1v) is 9.71. The van der Waals surface area contributed by atoms with Crippen molar-refractivity contribution in [1.29, 1.82) is 0 Å². The van der Waals surface area contributed by atoms with E-state index in [0.717, 1.165) is 6.07 Å². The average molecular weight is 439 g/mol. The number of primary amides is 1. The van der Waals surface area contributed by atoms with Gasteiger partial charge < -0.3 is 10.6 Å². The number of nitrogens with zero attached hydrogens (tertiary/aromatic N) is 1. The van der Waals surface area contributed by atoms with Gasteiger partial charge in [-0.25, -0.2) is 8.78 Å². The van der Waals surface area contributed by atoms with Crippen LogP contribution in [0.3, 0.4) is 0 Å². The number of anilines is 1. The molecule has 3 rings (SSSR count). The number of amides is 2. The van der Waals surface area contributed by atoms with E-state index < -0.39 is 17.5 Å². The van der Waals surface area contributed by atoms with Gasteiger partial charge in [0.2, 0.25) is 11.8 Å². The minimum atomic E-state index is -0.629. The third-order valence-electron chi connectivity index (χ3n) is 4.78. The number of hydrogen-bond acceptors (Lipinski definition) is 2. The largest absolute Gasteiger partial charge is 0.366 e. The van der Waals surface area contributed by atoms with Crippen LogP contribution < -0.4 is 10.6 Å². The van der Waals surface area contributed by atoms with E-state index in [-0.39, 0.29) is 28.3 Å². The predicted octanol–water partition coefficient (Wildman–Crippen LogP) is 4.76. The summed E-state index contributed by atoms with van der Waals surface area (Å²) in [5, 5.41) is 0.507. The lowest BCUT2D eigenvalue weighted by Gasteiger charge is -2.34. The third-order valence-corrected chi connectivity index (χ3v) is 5.36. The van der Waals surface area contributed by atoms with E-state index in [0.29, 0.717) is 36.2 Å². The SMILES string of the molecule is NC(=O)C=Cc1cc(Cl)c(N2CC(Cc3ccc(F)cc3F)CCC2=O)c(Cl)c1. The van der Waals surface area contributed by atoms with E-state index in [2.05, 4.69) is 0 Å². The van der Waals surface area contributed by atoms with Gasteiger partial charge >= 0.3 is 0 Å². The first kappa shape index (κ1) is 21.3. The molecule has 0 spiro atoms. The van der Waals surface area contributed by atoms with Gasteiger partial charge in [0.05, 0.1) is 15.7 Å². The zero-order chi connectivity index (χ0) is 21.1. The Morgan fingerprint density at radius 3 is 2.52 bits per heavy atom. The summed E-state index contributed by atoms with van der Waals surface area (Å²) in [4.78, 5) is 24.9. The Hall–Kier alpha value is -2.44. The minimum absolute atomic E-state index is 0.0331. The summed E-state index contributed by atoms with van der Waals surface area (Å²) in [6.45, 7) is 0.311. The summed E-state index contributed by atoms with van der Waals surface area (Å²) >= 11 is 12.7. The van der Waals surface area contributed by atoms with Gasteiger partial charge in [0.25, 0.3) is 0 Å². The van der Waals surface area contributed by atoms with Crippen molar-refractivity contribution in [3.05, 3.63) is 69.2 Å². The van der Waals surface area contributed by atoms with Crippen LogP contribution in [0.25, 0.3) is 6.08 Å². The summed E-state index contributed by atoms with van der Waals surface area (Å²) in [5.74, 6) is -2.01. The van der Waals surface area contributed by atoms with Crippen LogP contribution in [0, 0.1) is 17.6 Å². The summed E-state index contributed by atoms with van der Waals surface area (Å²) < 4.78 is 27.1. The fourth-order valence-corrected chi connectivity index (χ4v) is 4.12. The molecular formula is C21H18Cl2F2N2O2. The highest BCUT2D eigenvalue weighted by atomic mass is 35.5. The Morgan fingerprint density at radius 1 is 1.21 bits per heavy atom. The number of nitrogens with two attached hydrogens (primary N) is 1. The van der Waals surface area contributed by atoms with E-state index in [1.54, 1.807) is 12.1 Å². The molecule has 0 bridgehead atoms. The summed E-state index contributed by atoms with van der Waals surface area (Å²) in [6.07, 6.45) is 3.87. The van der Waals surface area contributed by atoms with Gasteiger partial charge in [-0.1, -0.05) is 29.3 Å². The fourth-order valence-electron chi connectivity index (χ4n) is 3.41. The molecule has 8 heteroatoms. The molecule has 1 unspecified atom stereocenters. The molecule has 0 aromatic heterocycles.